The van der Waals surface area contributed by atoms with Crippen molar-refractivity contribution >= 4 is 23.2 Å². The minimum absolute atomic E-state index is 0.00920. The summed E-state index contributed by atoms with van der Waals surface area (Å²) in [7, 11) is 4.71. The fourth-order valence-electron chi connectivity index (χ4n) is 3.46. The van der Waals surface area contributed by atoms with Crippen LogP contribution in [-0.4, -0.2) is 51.1 Å². The Morgan fingerprint density at radius 3 is 2.31 bits per heavy atom. The Bertz CT molecular complexity index is 845. The molecule has 0 aliphatic carbocycles. The lowest BCUT2D eigenvalue weighted by Gasteiger charge is -2.31. The molecule has 1 aliphatic heterocycles. The number of nitrogens with one attached hydrogen (secondary N) is 1. The van der Waals surface area contributed by atoms with Crippen LogP contribution in [0.2, 0.25) is 0 Å². The van der Waals surface area contributed by atoms with Gasteiger partial charge in [-0.15, -0.1) is 11.3 Å². The second kappa shape index (κ2) is 9.65. The molecule has 0 atom stereocenters. The third kappa shape index (κ3) is 4.82. The van der Waals surface area contributed by atoms with E-state index in [1.807, 2.05) is 22.4 Å². The van der Waals surface area contributed by atoms with Gasteiger partial charge in [0.25, 0.3) is 5.91 Å². The molecule has 2 heterocycles. The highest BCUT2D eigenvalue weighted by molar-refractivity contribution is 7.12. The maximum atomic E-state index is 12.6. The van der Waals surface area contributed by atoms with Crippen molar-refractivity contribution in [3.63, 3.8) is 0 Å². The van der Waals surface area contributed by atoms with Gasteiger partial charge in [-0.25, -0.2) is 0 Å². The molecule has 1 aromatic heterocycles. The van der Waals surface area contributed by atoms with E-state index in [9.17, 15) is 9.59 Å². The minimum Gasteiger partial charge on any atom is -0.496 e. The predicted molar refractivity (Wildman–Crippen MR) is 111 cm³/mol. The molecule has 2 amide bonds. The van der Waals surface area contributed by atoms with E-state index in [2.05, 4.69) is 5.32 Å². The van der Waals surface area contributed by atoms with Gasteiger partial charge >= 0.3 is 0 Å². The lowest BCUT2D eigenvalue weighted by molar-refractivity contribution is -0.126. The largest absolute Gasteiger partial charge is 0.496 e. The molecule has 156 valence electrons. The summed E-state index contributed by atoms with van der Waals surface area (Å²) in [6.45, 7) is 1.51. The summed E-state index contributed by atoms with van der Waals surface area (Å²) < 4.78 is 16.0. The quantitative estimate of drug-likeness (QED) is 0.748. The third-order valence-electron chi connectivity index (χ3n) is 5.12. The first kappa shape index (κ1) is 21.0. The highest BCUT2D eigenvalue weighted by Crippen LogP contribution is 2.34. The Labute approximate surface area is 174 Å². The van der Waals surface area contributed by atoms with Crippen LogP contribution in [0.3, 0.4) is 0 Å². The number of ether oxygens (including phenoxy) is 3. The lowest BCUT2D eigenvalue weighted by Crippen LogP contribution is -2.42. The monoisotopic (exact) mass is 418 g/mol. The van der Waals surface area contributed by atoms with Crippen molar-refractivity contribution in [2.24, 2.45) is 5.92 Å². The number of amides is 2. The summed E-state index contributed by atoms with van der Waals surface area (Å²) in [5, 5.41) is 4.89. The highest BCUT2D eigenvalue weighted by atomic mass is 32.1. The molecule has 0 radical (unpaired) electrons. The normalized spacial score (nSPS) is 14.4. The van der Waals surface area contributed by atoms with Crippen LogP contribution in [-0.2, 0) is 11.3 Å². The Balaban J connectivity index is 1.56. The number of carbonyl (C=O) groups excluding carboxylic acids is 2. The molecule has 0 saturated carbocycles. The molecule has 7 nitrogen and oxygen atoms in total. The number of likely N-dealkylation sites (tertiary alicyclic amines) is 1. The molecule has 2 aromatic rings. The van der Waals surface area contributed by atoms with E-state index < -0.39 is 0 Å². The van der Waals surface area contributed by atoms with Gasteiger partial charge in [-0.3, -0.25) is 9.59 Å². The summed E-state index contributed by atoms with van der Waals surface area (Å²) in [5.41, 5.74) is 0.809. The zero-order chi connectivity index (χ0) is 20.8. The van der Waals surface area contributed by atoms with E-state index in [1.54, 1.807) is 33.5 Å². The van der Waals surface area contributed by atoms with Crippen LogP contribution in [0.4, 0.5) is 0 Å². The van der Waals surface area contributed by atoms with Gasteiger partial charge in [-0.05, 0) is 30.4 Å². The molecule has 1 N–H and O–H groups in total. The van der Waals surface area contributed by atoms with E-state index in [-0.39, 0.29) is 17.7 Å². The predicted octanol–water partition coefficient (Wildman–Crippen LogP) is 2.94. The van der Waals surface area contributed by atoms with E-state index in [0.29, 0.717) is 49.7 Å². The van der Waals surface area contributed by atoms with Gasteiger partial charge in [0.05, 0.1) is 26.2 Å². The number of methoxy groups -OCH3 is 3. The van der Waals surface area contributed by atoms with E-state index in [4.69, 9.17) is 14.2 Å². The van der Waals surface area contributed by atoms with Crippen LogP contribution >= 0.6 is 11.3 Å². The number of thiophene rings is 1. The Morgan fingerprint density at radius 2 is 1.72 bits per heavy atom. The first-order chi connectivity index (χ1) is 14.1. The molecule has 1 fully saturated rings. The van der Waals surface area contributed by atoms with Crippen molar-refractivity contribution < 1.29 is 23.8 Å². The van der Waals surface area contributed by atoms with Crippen LogP contribution in [0.5, 0.6) is 17.2 Å². The molecule has 1 aliphatic rings. The average Bonchev–Trinajstić information content (AvgIpc) is 3.31. The van der Waals surface area contributed by atoms with Gasteiger partial charge in [0.2, 0.25) is 5.91 Å². The molecule has 0 unspecified atom stereocenters. The molecule has 3 rings (SSSR count). The van der Waals surface area contributed by atoms with Gasteiger partial charge in [0.15, 0.2) is 11.5 Å². The van der Waals surface area contributed by atoms with Gasteiger partial charge in [0.1, 0.15) is 5.75 Å². The van der Waals surface area contributed by atoms with Crippen LogP contribution in [0.1, 0.15) is 28.1 Å². The summed E-state index contributed by atoms with van der Waals surface area (Å²) in [4.78, 5) is 27.6. The van der Waals surface area contributed by atoms with Crippen LogP contribution in [0.15, 0.2) is 29.6 Å². The summed E-state index contributed by atoms with van der Waals surface area (Å²) >= 11 is 1.45. The third-order valence-corrected chi connectivity index (χ3v) is 5.98. The summed E-state index contributed by atoms with van der Waals surface area (Å²) in [6.07, 6.45) is 1.32. The summed E-state index contributed by atoms with van der Waals surface area (Å²) in [5.74, 6) is 1.71. The number of hydrogen-bond acceptors (Lipinski definition) is 6. The first-order valence-electron chi connectivity index (χ1n) is 9.46. The zero-order valence-corrected chi connectivity index (χ0v) is 17.7. The number of hydrogen-bond donors (Lipinski definition) is 1. The standard InChI is InChI=1S/C21H26N2O5S/c1-26-16-12-18(28-3)17(27-2)11-15(16)13-22-20(24)14-6-8-23(9-7-14)21(25)19-5-4-10-29-19/h4-5,10-12,14H,6-9,13H2,1-3H3,(H,22,24). The molecule has 0 spiro atoms. The molecule has 29 heavy (non-hydrogen) atoms. The average molecular weight is 419 g/mol. The SMILES string of the molecule is COc1cc(OC)c(OC)cc1CNC(=O)C1CCN(C(=O)c2cccs2)CC1. The van der Waals surface area contributed by atoms with Gasteiger partial charge in [0, 0.05) is 37.2 Å². The molecular weight excluding hydrogens is 392 g/mol. The number of nitrogens with zero attached hydrogens (tertiary/aromatic N) is 1. The van der Waals surface area contributed by atoms with Crippen LogP contribution in [0, 0.1) is 5.92 Å². The Hall–Kier alpha value is -2.74. The number of rotatable bonds is 7. The molecule has 1 saturated heterocycles. The fraction of sp³-hybridized carbons (Fsp3) is 0.429. The molecule has 1 aromatic carbocycles. The van der Waals surface area contributed by atoms with Crippen molar-refractivity contribution in [2.45, 2.75) is 19.4 Å². The Morgan fingerprint density at radius 1 is 1.07 bits per heavy atom. The maximum Gasteiger partial charge on any atom is 0.263 e. The maximum absolute atomic E-state index is 12.6. The number of piperidine rings is 1. The minimum atomic E-state index is -0.103. The van der Waals surface area contributed by atoms with Crippen molar-refractivity contribution in [3.05, 3.63) is 40.1 Å². The zero-order valence-electron chi connectivity index (χ0n) is 16.9. The molecule has 8 heteroatoms. The van der Waals surface area contributed by atoms with E-state index in [0.717, 1.165) is 10.4 Å². The van der Waals surface area contributed by atoms with E-state index in [1.165, 1.54) is 11.3 Å². The molecule has 0 bridgehead atoms. The topological polar surface area (TPSA) is 77.1 Å². The van der Waals surface area contributed by atoms with E-state index >= 15 is 0 Å². The highest BCUT2D eigenvalue weighted by Gasteiger charge is 2.28. The van der Waals surface area contributed by atoms with Crippen molar-refractivity contribution in [3.8, 4) is 17.2 Å². The first-order valence-corrected chi connectivity index (χ1v) is 10.3. The fourth-order valence-corrected chi connectivity index (χ4v) is 4.15. The molecular formula is C21H26N2O5S. The van der Waals surface area contributed by atoms with Crippen molar-refractivity contribution in [2.75, 3.05) is 34.4 Å². The second-order valence-electron chi connectivity index (χ2n) is 6.78. The second-order valence-corrected chi connectivity index (χ2v) is 7.73. The lowest BCUT2D eigenvalue weighted by atomic mass is 9.95. The number of carbonyl (C=O) groups is 2. The van der Waals surface area contributed by atoms with Gasteiger partial charge in [-0.2, -0.15) is 0 Å². The summed E-state index contributed by atoms with van der Waals surface area (Å²) in [6, 6.07) is 7.26. The van der Waals surface area contributed by atoms with Gasteiger partial charge < -0.3 is 24.4 Å². The Kier molecular flexibility index (Phi) is 6.98. The van der Waals surface area contributed by atoms with Crippen LogP contribution < -0.4 is 19.5 Å². The van der Waals surface area contributed by atoms with Crippen LogP contribution in [0.25, 0.3) is 0 Å². The smallest absolute Gasteiger partial charge is 0.263 e. The number of benzene rings is 1. The van der Waals surface area contributed by atoms with Gasteiger partial charge in [-0.1, -0.05) is 6.07 Å². The van der Waals surface area contributed by atoms with Crippen molar-refractivity contribution in [1.29, 1.82) is 0 Å². The van der Waals surface area contributed by atoms with Crippen molar-refractivity contribution in [1.82, 2.24) is 10.2 Å².